The maximum atomic E-state index is 13.3. The third-order valence-corrected chi connectivity index (χ3v) is 9.40. The minimum atomic E-state index is -0.191. The van der Waals surface area contributed by atoms with E-state index in [1.54, 1.807) is 12.1 Å². The molecule has 4 bridgehead atoms. The molecule has 4 aliphatic rings. The molecule has 1 amide bonds. The van der Waals surface area contributed by atoms with Crippen LogP contribution in [0, 0.1) is 30.6 Å². The number of nitrogens with one attached hydrogen (secondary N) is 2. The topological polar surface area (TPSA) is 59.0 Å². The number of hydrogen-bond donors (Lipinski definition) is 2. The van der Waals surface area contributed by atoms with E-state index >= 15 is 0 Å². The van der Waals surface area contributed by atoms with Gasteiger partial charge in [0, 0.05) is 40.4 Å². The smallest absolute Gasteiger partial charge is 0.271 e. The monoisotopic (exact) mass is 556 g/mol. The lowest BCUT2D eigenvalue weighted by atomic mass is 9.54. The number of carbonyl (C=O) groups excluding carboxylic acids is 1. The van der Waals surface area contributed by atoms with Gasteiger partial charge in [0.1, 0.15) is 11.5 Å². The third-order valence-electron chi connectivity index (χ3n) is 8.60. The van der Waals surface area contributed by atoms with E-state index in [9.17, 15) is 4.79 Å². The van der Waals surface area contributed by atoms with Crippen LogP contribution in [0.4, 0.5) is 0 Å². The highest BCUT2D eigenvalue weighted by molar-refractivity contribution is 6.36. The van der Waals surface area contributed by atoms with Crippen molar-refractivity contribution in [3.63, 3.8) is 0 Å². The molecule has 1 heterocycles. The van der Waals surface area contributed by atoms with Crippen molar-refractivity contribution in [1.82, 2.24) is 20.2 Å². The molecule has 194 valence electrons. The molecule has 7 rings (SSSR count). The summed E-state index contributed by atoms with van der Waals surface area (Å²) >= 11 is 18.8. The lowest BCUT2D eigenvalue weighted by Crippen LogP contribution is -2.55. The average molecular weight is 558 g/mol. The number of halogens is 3. The van der Waals surface area contributed by atoms with E-state index in [0.717, 1.165) is 41.6 Å². The molecular formula is C29H31Cl3N4O. The Bertz CT molecular complexity index is 1290. The first-order valence-electron chi connectivity index (χ1n) is 13.2. The SMILES string of the molecule is Cc1c(C(=O)NCCNC2C3CC4CC(C3)CC2C4)nc(-c2ccc(Cl)cc2Cl)n1-c1ccc(Cl)cc1. The van der Waals surface area contributed by atoms with Crippen LogP contribution in [0.2, 0.25) is 15.1 Å². The minimum absolute atomic E-state index is 0.191. The summed E-state index contributed by atoms with van der Waals surface area (Å²) in [6.07, 6.45) is 6.99. The largest absolute Gasteiger partial charge is 0.349 e. The highest BCUT2D eigenvalue weighted by atomic mass is 35.5. The van der Waals surface area contributed by atoms with E-state index in [-0.39, 0.29) is 5.91 Å². The molecule has 5 nitrogen and oxygen atoms in total. The van der Waals surface area contributed by atoms with Crippen LogP contribution in [0.15, 0.2) is 42.5 Å². The van der Waals surface area contributed by atoms with Gasteiger partial charge < -0.3 is 10.6 Å². The Morgan fingerprint density at radius 2 is 1.57 bits per heavy atom. The first kappa shape index (κ1) is 25.2. The fraction of sp³-hybridized carbons (Fsp3) is 0.448. The van der Waals surface area contributed by atoms with Crippen LogP contribution >= 0.6 is 34.8 Å². The Balaban J connectivity index is 1.19. The van der Waals surface area contributed by atoms with E-state index < -0.39 is 0 Å². The molecular weight excluding hydrogens is 527 g/mol. The zero-order chi connectivity index (χ0) is 25.7. The fourth-order valence-corrected chi connectivity index (χ4v) is 7.85. The summed E-state index contributed by atoms with van der Waals surface area (Å²) in [4.78, 5) is 18.1. The zero-order valence-corrected chi connectivity index (χ0v) is 23.1. The molecule has 4 saturated carbocycles. The van der Waals surface area contributed by atoms with E-state index in [4.69, 9.17) is 39.8 Å². The number of aromatic nitrogens is 2. The number of hydrogen-bond acceptors (Lipinski definition) is 3. The second-order valence-corrected chi connectivity index (χ2v) is 12.3. The summed E-state index contributed by atoms with van der Waals surface area (Å²) < 4.78 is 1.94. The second-order valence-electron chi connectivity index (χ2n) is 11.0. The highest BCUT2D eigenvalue weighted by Gasteiger charge is 2.47. The van der Waals surface area contributed by atoms with Crippen LogP contribution in [0.1, 0.15) is 48.3 Å². The second kappa shape index (κ2) is 10.3. The Hall–Kier alpha value is -2.05. The Morgan fingerprint density at radius 3 is 2.22 bits per heavy atom. The summed E-state index contributed by atoms with van der Waals surface area (Å²) in [7, 11) is 0. The van der Waals surface area contributed by atoms with Gasteiger partial charge >= 0.3 is 0 Å². The molecule has 0 unspecified atom stereocenters. The van der Waals surface area contributed by atoms with Gasteiger partial charge in [0.2, 0.25) is 0 Å². The number of nitrogens with zero attached hydrogens (tertiary/aromatic N) is 2. The third kappa shape index (κ3) is 4.92. The number of imidazole rings is 1. The number of rotatable bonds is 7. The molecule has 8 heteroatoms. The van der Waals surface area contributed by atoms with Gasteiger partial charge in [-0.05, 0) is 105 Å². The fourth-order valence-electron chi connectivity index (χ4n) is 7.23. The van der Waals surface area contributed by atoms with Gasteiger partial charge in [0.25, 0.3) is 5.91 Å². The maximum Gasteiger partial charge on any atom is 0.271 e. The van der Waals surface area contributed by atoms with Crippen molar-refractivity contribution < 1.29 is 4.79 Å². The quantitative estimate of drug-likeness (QED) is 0.309. The van der Waals surface area contributed by atoms with E-state index in [1.165, 1.54) is 32.1 Å². The normalized spacial score (nSPS) is 26.0. The van der Waals surface area contributed by atoms with Crippen LogP contribution < -0.4 is 10.6 Å². The Morgan fingerprint density at radius 1 is 0.919 bits per heavy atom. The van der Waals surface area contributed by atoms with Gasteiger partial charge in [0.15, 0.2) is 0 Å². The van der Waals surface area contributed by atoms with Crippen LogP contribution in [0.5, 0.6) is 0 Å². The number of benzene rings is 2. The molecule has 0 atom stereocenters. The van der Waals surface area contributed by atoms with E-state index in [1.807, 2.05) is 41.8 Å². The van der Waals surface area contributed by atoms with Crippen molar-refractivity contribution in [2.45, 2.75) is 45.1 Å². The van der Waals surface area contributed by atoms with Gasteiger partial charge in [-0.3, -0.25) is 9.36 Å². The van der Waals surface area contributed by atoms with Crippen LogP contribution in [0.3, 0.4) is 0 Å². The van der Waals surface area contributed by atoms with Crippen LogP contribution in [0.25, 0.3) is 17.1 Å². The molecule has 4 aliphatic carbocycles. The summed E-state index contributed by atoms with van der Waals surface area (Å²) in [6, 6.07) is 13.3. The lowest BCUT2D eigenvalue weighted by molar-refractivity contribution is -0.0133. The highest BCUT2D eigenvalue weighted by Crippen LogP contribution is 2.53. The van der Waals surface area contributed by atoms with Crippen LogP contribution in [-0.2, 0) is 0 Å². The molecule has 1 aromatic heterocycles. The number of carbonyl (C=O) groups is 1. The minimum Gasteiger partial charge on any atom is -0.349 e. The molecule has 0 aliphatic heterocycles. The van der Waals surface area contributed by atoms with Crippen molar-refractivity contribution >= 4 is 40.7 Å². The van der Waals surface area contributed by atoms with Gasteiger partial charge in [-0.25, -0.2) is 4.98 Å². The first-order chi connectivity index (χ1) is 17.9. The van der Waals surface area contributed by atoms with Crippen molar-refractivity contribution in [1.29, 1.82) is 0 Å². The van der Waals surface area contributed by atoms with Gasteiger partial charge in [-0.15, -0.1) is 0 Å². The Labute approximate surface area is 232 Å². The van der Waals surface area contributed by atoms with Crippen molar-refractivity contribution in [3.8, 4) is 17.1 Å². The summed E-state index contributed by atoms with van der Waals surface area (Å²) in [5, 5.41) is 8.53. The van der Waals surface area contributed by atoms with Crippen molar-refractivity contribution in [2.75, 3.05) is 13.1 Å². The van der Waals surface area contributed by atoms with E-state index in [2.05, 4.69) is 10.6 Å². The molecule has 2 N–H and O–H groups in total. The Kier molecular flexibility index (Phi) is 7.00. The van der Waals surface area contributed by atoms with Gasteiger partial charge in [0.05, 0.1) is 10.7 Å². The van der Waals surface area contributed by atoms with Crippen molar-refractivity contribution in [3.05, 3.63) is 68.9 Å². The molecule has 0 radical (unpaired) electrons. The van der Waals surface area contributed by atoms with Gasteiger partial charge in [-0.1, -0.05) is 34.8 Å². The lowest BCUT2D eigenvalue weighted by Gasteiger charge is -2.54. The number of amides is 1. The maximum absolute atomic E-state index is 13.3. The summed E-state index contributed by atoms with van der Waals surface area (Å²) in [5.41, 5.74) is 2.66. The zero-order valence-electron chi connectivity index (χ0n) is 20.8. The average Bonchev–Trinajstić information content (AvgIpc) is 3.20. The predicted octanol–water partition coefficient (Wildman–Crippen LogP) is 6.95. The molecule has 4 fully saturated rings. The van der Waals surface area contributed by atoms with E-state index in [0.29, 0.717) is 44.7 Å². The van der Waals surface area contributed by atoms with Crippen LogP contribution in [-0.4, -0.2) is 34.6 Å². The first-order valence-corrected chi connectivity index (χ1v) is 14.3. The predicted molar refractivity (Wildman–Crippen MR) is 150 cm³/mol. The summed E-state index contributed by atoms with van der Waals surface area (Å²) in [6.45, 7) is 3.23. The summed E-state index contributed by atoms with van der Waals surface area (Å²) in [5.74, 6) is 3.94. The molecule has 2 aromatic carbocycles. The molecule has 37 heavy (non-hydrogen) atoms. The molecule has 0 saturated heterocycles. The van der Waals surface area contributed by atoms with Gasteiger partial charge in [-0.2, -0.15) is 0 Å². The molecule has 3 aromatic rings. The van der Waals surface area contributed by atoms with Crippen molar-refractivity contribution in [2.24, 2.45) is 23.7 Å². The standard InChI is InChI=1S/C29H31Cl3N4O/c1-16-26(29(37)34-9-8-33-27-19-11-17-10-18(13-19)14-20(27)12-17)35-28(24-7-4-22(31)15-25(24)32)36(16)23-5-2-21(30)3-6-23/h2-7,15,17-20,27,33H,8-14H2,1H3,(H,34,37). The molecule has 0 spiro atoms.